The van der Waals surface area contributed by atoms with Crippen LogP contribution in [0.25, 0.3) is 11.0 Å². The monoisotopic (exact) mass is 253 g/mol. The summed E-state index contributed by atoms with van der Waals surface area (Å²) >= 11 is 0. The fourth-order valence-electron chi connectivity index (χ4n) is 2.74. The molecule has 2 aliphatic rings. The lowest BCUT2D eigenvalue weighted by Crippen LogP contribution is -2.37. The molecule has 0 radical (unpaired) electrons. The number of carbonyl (C=O) groups is 1. The third-order valence-corrected chi connectivity index (χ3v) is 3.98. The lowest BCUT2D eigenvalue weighted by molar-refractivity contribution is -0.133. The van der Waals surface area contributed by atoms with Gasteiger partial charge in [-0.15, -0.1) is 0 Å². The third-order valence-electron chi connectivity index (χ3n) is 3.98. The predicted molar refractivity (Wildman–Crippen MR) is 71.4 cm³/mol. The maximum Gasteiger partial charge on any atom is 0.225 e. The largest absolute Gasteiger partial charge is 0.338 e. The molecule has 0 N–H and O–H groups in total. The van der Waals surface area contributed by atoms with E-state index < -0.39 is 0 Å². The van der Waals surface area contributed by atoms with Crippen LogP contribution in [0.4, 0.5) is 0 Å². The summed E-state index contributed by atoms with van der Waals surface area (Å²) in [5, 5.41) is 1.06. The van der Waals surface area contributed by atoms with Crippen LogP contribution in [-0.4, -0.2) is 27.3 Å². The summed E-state index contributed by atoms with van der Waals surface area (Å²) in [7, 11) is 0. The number of pyridine rings is 2. The van der Waals surface area contributed by atoms with E-state index in [9.17, 15) is 4.79 Å². The molecule has 2 aromatic rings. The van der Waals surface area contributed by atoms with E-state index >= 15 is 0 Å². The van der Waals surface area contributed by atoms with Crippen molar-refractivity contribution in [2.45, 2.75) is 25.8 Å². The fraction of sp³-hybridized carbons (Fsp3) is 0.400. The summed E-state index contributed by atoms with van der Waals surface area (Å²) in [4.78, 5) is 23.0. The molecule has 1 aliphatic heterocycles. The minimum atomic E-state index is 0.302. The standard InChI is InChI=1S/C15H15N3O/c19-15(10-3-4-10)18-7-5-13-12(9-18)8-11-2-1-6-16-14(11)17-13/h1-2,6,8,10H,3-5,7,9H2. The molecule has 0 spiro atoms. The van der Waals surface area contributed by atoms with E-state index in [4.69, 9.17) is 0 Å². The lowest BCUT2D eigenvalue weighted by atomic mass is 10.0. The smallest absolute Gasteiger partial charge is 0.225 e. The van der Waals surface area contributed by atoms with Gasteiger partial charge in [0.15, 0.2) is 5.65 Å². The van der Waals surface area contributed by atoms with Crippen LogP contribution in [0.2, 0.25) is 0 Å². The first-order valence-electron chi connectivity index (χ1n) is 6.83. The second-order valence-corrected chi connectivity index (χ2v) is 5.43. The average molecular weight is 253 g/mol. The van der Waals surface area contributed by atoms with Gasteiger partial charge in [0, 0.05) is 42.7 Å². The van der Waals surface area contributed by atoms with Crippen molar-refractivity contribution in [3.8, 4) is 0 Å². The van der Waals surface area contributed by atoms with Gasteiger partial charge in [-0.3, -0.25) is 4.79 Å². The molecule has 1 amide bonds. The first-order valence-corrected chi connectivity index (χ1v) is 6.83. The van der Waals surface area contributed by atoms with Gasteiger partial charge in [-0.2, -0.15) is 0 Å². The highest BCUT2D eigenvalue weighted by atomic mass is 16.2. The molecule has 0 aromatic carbocycles. The topological polar surface area (TPSA) is 46.1 Å². The van der Waals surface area contributed by atoms with Gasteiger partial charge in [0.2, 0.25) is 5.91 Å². The van der Waals surface area contributed by atoms with Crippen molar-refractivity contribution >= 4 is 16.9 Å². The quantitative estimate of drug-likeness (QED) is 0.780. The number of hydrogen-bond acceptors (Lipinski definition) is 3. The molecule has 1 aliphatic carbocycles. The molecule has 1 saturated carbocycles. The molecule has 96 valence electrons. The lowest BCUT2D eigenvalue weighted by Gasteiger charge is -2.28. The Bertz CT molecular complexity index is 663. The molecule has 0 unspecified atom stereocenters. The van der Waals surface area contributed by atoms with E-state index in [0.717, 1.165) is 42.5 Å². The molecular formula is C15H15N3O. The first kappa shape index (κ1) is 10.9. The summed E-state index contributed by atoms with van der Waals surface area (Å²) in [6.07, 6.45) is 4.76. The first-order chi connectivity index (χ1) is 9.31. The zero-order valence-corrected chi connectivity index (χ0v) is 10.7. The fourth-order valence-corrected chi connectivity index (χ4v) is 2.74. The molecule has 4 heteroatoms. The van der Waals surface area contributed by atoms with E-state index in [2.05, 4.69) is 16.0 Å². The normalized spacial score (nSPS) is 18.4. The maximum atomic E-state index is 12.1. The molecule has 1 fully saturated rings. The summed E-state index contributed by atoms with van der Waals surface area (Å²) in [6, 6.07) is 6.08. The Labute approximate surface area is 111 Å². The van der Waals surface area contributed by atoms with Gasteiger partial charge >= 0.3 is 0 Å². The maximum absolute atomic E-state index is 12.1. The van der Waals surface area contributed by atoms with E-state index in [1.807, 2.05) is 17.0 Å². The van der Waals surface area contributed by atoms with E-state index in [1.54, 1.807) is 6.20 Å². The van der Waals surface area contributed by atoms with Gasteiger partial charge in [0.1, 0.15) is 0 Å². The Kier molecular flexibility index (Phi) is 2.31. The van der Waals surface area contributed by atoms with Crippen LogP contribution >= 0.6 is 0 Å². The molecule has 0 bridgehead atoms. The highest BCUT2D eigenvalue weighted by Gasteiger charge is 2.34. The van der Waals surface area contributed by atoms with Crippen LogP contribution in [0.5, 0.6) is 0 Å². The Hall–Kier alpha value is -1.97. The summed E-state index contributed by atoms with van der Waals surface area (Å²) in [5.74, 6) is 0.633. The van der Waals surface area contributed by atoms with Crippen LogP contribution in [0.3, 0.4) is 0 Å². The molecule has 2 aromatic heterocycles. The molecular weight excluding hydrogens is 238 g/mol. The zero-order valence-electron chi connectivity index (χ0n) is 10.7. The molecule has 0 atom stereocenters. The number of carbonyl (C=O) groups excluding carboxylic acids is 1. The summed E-state index contributed by atoms with van der Waals surface area (Å²) < 4.78 is 0. The minimum Gasteiger partial charge on any atom is -0.338 e. The highest BCUT2D eigenvalue weighted by molar-refractivity contribution is 5.82. The highest BCUT2D eigenvalue weighted by Crippen LogP contribution is 2.32. The number of amides is 1. The Morgan fingerprint density at radius 2 is 2.26 bits per heavy atom. The van der Waals surface area contributed by atoms with Gasteiger partial charge in [-0.1, -0.05) is 0 Å². The van der Waals surface area contributed by atoms with E-state index in [-0.39, 0.29) is 0 Å². The number of aromatic nitrogens is 2. The predicted octanol–water partition coefficient (Wildman–Crippen LogP) is 1.92. The molecule has 3 heterocycles. The van der Waals surface area contributed by atoms with Crippen molar-refractivity contribution in [2.24, 2.45) is 5.92 Å². The van der Waals surface area contributed by atoms with Gasteiger partial charge in [-0.05, 0) is 36.6 Å². The van der Waals surface area contributed by atoms with Crippen LogP contribution in [0.1, 0.15) is 24.1 Å². The van der Waals surface area contributed by atoms with Crippen molar-refractivity contribution in [1.82, 2.24) is 14.9 Å². The summed E-state index contributed by atoms with van der Waals surface area (Å²) in [6.45, 7) is 1.51. The van der Waals surface area contributed by atoms with Crippen molar-refractivity contribution < 1.29 is 4.79 Å². The zero-order chi connectivity index (χ0) is 12.8. The van der Waals surface area contributed by atoms with Crippen molar-refractivity contribution in [2.75, 3.05) is 6.54 Å². The number of rotatable bonds is 1. The van der Waals surface area contributed by atoms with Crippen LogP contribution < -0.4 is 0 Å². The van der Waals surface area contributed by atoms with Gasteiger partial charge < -0.3 is 4.90 Å². The van der Waals surface area contributed by atoms with Gasteiger partial charge in [-0.25, -0.2) is 9.97 Å². The van der Waals surface area contributed by atoms with Crippen LogP contribution in [0, 0.1) is 5.92 Å². The molecule has 19 heavy (non-hydrogen) atoms. The Morgan fingerprint density at radius 1 is 1.37 bits per heavy atom. The van der Waals surface area contributed by atoms with Crippen LogP contribution in [0.15, 0.2) is 24.4 Å². The van der Waals surface area contributed by atoms with Gasteiger partial charge in [0.05, 0.1) is 0 Å². The number of hydrogen-bond donors (Lipinski definition) is 0. The van der Waals surface area contributed by atoms with E-state index in [1.165, 1.54) is 5.56 Å². The number of nitrogens with zero attached hydrogens (tertiary/aromatic N) is 3. The molecule has 4 nitrogen and oxygen atoms in total. The Balaban J connectivity index is 1.69. The minimum absolute atomic E-state index is 0.302. The SMILES string of the molecule is O=C(C1CC1)N1CCc2nc3ncccc3cc2C1. The van der Waals surface area contributed by atoms with Crippen molar-refractivity contribution in [3.63, 3.8) is 0 Å². The van der Waals surface area contributed by atoms with Gasteiger partial charge in [0.25, 0.3) is 0 Å². The second-order valence-electron chi connectivity index (χ2n) is 5.43. The van der Waals surface area contributed by atoms with E-state index in [0.29, 0.717) is 18.4 Å². The third kappa shape index (κ3) is 1.87. The summed E-state index contributed by atoms with van der Waals surface area (Å²) in [5.41, 5.74) is 3.09. The Morgan fingerprint density at radius 3 is 3.11 bits per heavy atom. The number of fused-ring (bicyclic) bond motifs is 2. The van der Waals surface area contributed by atoms with Crippen molar-refractivity contribution in [1.29, 1.82) is 0 Å². The second kappa shape index (κ2) is 4.02. The average Bonchev–Trinajstić information content (AvgIpc) is 3.28. The molecule has 4 rings (SSSR count). The van der Waals surface area contributed by atoms with Crippen LogP contribution in [-0.2, 0) is 17.8 Å². The molecule has 0 saturated heterocycles. The van der Waals surface area contributed by atoms with Crippen molar-refractivity contribution in [3.05, 3.63) is 35.7 Å².